The molecule has 60 valence electrons. The molecule has 1 unspecified atom stereocenters. The summed E-state index contributed by atoms with van der Waals surface area (Å²) in [5.41, 5.74) is 0. The van der Waals surface area contributed by atoms with E-state index in [4.69, 9.17) is 4.74 Å². The third kappa shape index (κ3) is 2.02. The third-order valence-electron chi connectivity index (χ3n) is 1.32. The molecule has 0 radical (unpaired) electrons. The van der Waals surface area contributed by atoms with Gasteiger partial charge < -0.3 is 4.74 Å². The Labute approximate surface area is 62.9 Å². The van der Waals surface area contributed by atoms with E-state index in [-0.39, 0.29) is 0 Å². The Bertz CT molecular complexity index is 124. The summed E-state index contributed by atoms with van der Waals surface area (Å²) in [5, 5.41) is 0. The molecular formula is C5H11NO3S. The highest BCUT2D eigenvalue weighted by Gasteiger charge is 2.15. The Morgan fingerprint density at radius 2 is 2.10 bits per heavy atom. The standard InChI is InChI=1S/C5H11NO3S/c1-8-10(7)6-2-4-9-5-3-6/h2-5H2,1H3. The highest BCUT2D eigenvalue weighted by molar-refractivity contribution is 7.77. The van der Waals surface area contributed by atoms with E-state index in [2.05, 4.69) is 4.18 Å². The maximum Gasteiger partial charge on any atom is 0.237 e. The number of hydrogen-bond donors (Lipinski definition) is 0. The van der Waals surface area contributed by atoms with Crippen LogP contribution in [0.25, 0.3) is 0 Å². The van der Waals surface area contributed by atoms with Gasteiger partial charge in [0.2, 0.25) is 11.3 Å². The minimum atomic E-state index is -1.26. The molecule has 1 heterocycles. The topological polar surface area (TPSA) is 38.8 Å². The number of hydrogen-bond acceptors (Lipinski definition) is 3. The second-order valence-electron chi connectivity index (χ2n) is 1.93. The van der Waals surface area contributed by atoms with Gasteiger partial charge in [-0.2, -0.15) is 4.31 Å². The van der Waals surface area contributed by atoms with Crippen LogP contribution in [0, 0.1) is 0 Å². The summed E-state index contributed by atoms with van der Waals surface area (Å²) in [5.74, 6) is 0. The van der Waals surface area contributed by atoms with E-state index in [9.17, 15) is 4.21 Å². The largest absolute Gasteiger partial charge is 0.379 e. The highest BCUT2D eigenvalue weighted by atomic mass is 32.2. The van der Waals surface area contributed by atoms with Crippen LogP contribution < -0.4 is 0 Å². The first-order valence-corrected chi connectivity index (χ1v) is 4.17. The lowest BCUT2D eigenvalue weighted by Gasteiger charge is -2.23. The van der Waals surface area contributed by atoms with Crippen LogP contribution in [0.3, 0.4) is 0 Å². The van der Waals surface area contributed by atoms with Crippen molar-refractivity contribution in [2.75, 3.05) is 33.4 Å². The van der Waals surface area contributed by atoms with Crippen molar-refractivity contribution in [3.63, 3.8) is 0 Å². The first-order chi connectivity index (χ1) is 4.84. The van der Waals surface area contributed by atoms with E-state index in [1.54, 1.807) is 4.31 Å². The van der Waals surface area contributed by atoms with Crippen molar-refractivity contribution < 1.29 is 13.1 Å². The fourth-order valence-corrected chi connectivity index (χ4v) is 1.46. The third-order valence-corrected chi connectivity index (χ3v) is 2.40. The maximum atomic E-state index is 10.9. The predicted octanol–water partition coefficient (Wildman–Crippen LogP) is -0.456. The van der Waals surface area contributed by atoms with Crippen molar-refractivity contribution in [2.24, 2.45) is 0 Å². The summed E-state index contributed by atoms with van der Waals surface area (Å²) in [6.45, 7) is 2.69. The van der Waals surface area contributed by atoms with Crippen LogP contribution in [0.2, 0.25) is 0 Å². The van der Waals surface area contributed by atoms with Crippen molar-refractivity contribution in [2.45, 2.75) is 0 Å². The Hall–Kier alpha value is 0.0300. The molecule has 1 fully saturated rings. The van der Waals surface area contributed by atoms with E-state index in [1.807, 2.05) is 0 Å². The lowest BCUT2D eigenvalue weighted by molar-refractivity contribution is 0.0715. The Kier molecular flexibility index (Phi) is 3.27. The first kappa shape index (κ1) is 8.13. The molecule has 1 saturated heterocycles. The van der Waals surface area contributed by atoms with Crippen LogP contribution in [-0.2, 0) is 20.2 Å². The molecule has 4 nitrogen and oxygen atoms in total. The molecular weight excluding hydrogens is 154 g/mol. The molecule has 0 amide bonds. The quantitative estimate of drug-likeness (QED) is 0.556. The Morgan fingerprint density at radius 3 is 2.60 bits per heavy atom. The zero-order valence-corrected chi connectivity index (χ0v) is 6.73. The van der Waals surface area contributed by atoms with Crippen LogP contribution in [-0.4, -0.2) is 41.9 Å². The van der Waals surface area contributed by atoms with Gasteiger partial charge in [-0.15, -0.1) is 0 Å². The van der Waals surface area contributed by atoms with Crippen LogP contribution in [0.4, 0.5) is 0 Å². The number of ether oxygens (including phenoxy) is 1. The van der Waals surface area contributed by atoms with Crippen molar-refractivity contribution in [1.82, 2.24) is 4.31 Å². The number of nitrogens with zero attached hydrogens (tertiary/aromatic N) is 1. The zero-order chi connectivity index (χ0) is 7.40. The van der Waals surface area contributed by atoms with Crippen LogP contribution in [0.15, 0.2) is 0 Å². The summed E-state index contributed by atoms with van der Waals surface area (Å²) in [4.78, 5) is 0. The highest BCUT2D eigenvalue weighted by Crippen LogP contribution is 2.00. The van der Waals surface area contributed by atoms with Crippen LogP contribution in [0.1, 0.15) is 0 Å². The lowest BCUT2D eigenvalue weighted by Crippen LogP contribution is -2.37. The van der Waals surface area contributed by atoms with Gasteiger partial charge in [0.25, 0.3) is 0 Å². The van der Waals surface area contributed by atoms with Gasteiger partial charge in [-0.25, -0.2) is 4.21 Å². The first-order valence-electron chi connectivity index (χ1n) is 3.13. The van der Waals surface area contributed by atoms with Crippen LogP contribution >= 0.6 is 0 Å². The molecule has 0 aliphatic carbocycles. The SMILES string of the molecule is COS(=O)N1CCOCC1. The van der Waals surface area contributed by atoms with Crippen molar-refractivity contribution in [3.8, 4) is 0 Å². The van der Waals surface area contributed by atoms with E-state index in [0.717, 1.165) is 0 Å². The van der Waals surface area contributed by atoms with Gasteiger partial charge in [-0.1, -0.05) is 0 Å². The number of morpholine rings is 1. The second kappa shape index (κ2) is 4.02. The number of rotatable bonds is 2. The molecule has 0 spiro atoms. The molecule has 0 bridgehead atoms. The van der Waals surface area contributed by atoms with Gasteiger partial charge in [0.05, 0.1) is 20.3 Å². The maximum absolute atomic E-state index is 10.9. The smallest absolute Gasteiger partial charge is 0.237 e. The van der Waals surface area contributed by atoms with E-state index in [1.165, 1.54) is 7.11 Å². The van der Waals surface area contributed by atoms with Gasteiger partial charge in [0.1, 0.15) is 0 Å². The van der Waals surface area contributed by atoms with Gasteiger partial charge in [0.15, 0.2) is 0 Å². The van der Waals surface area contributed by atoms with E-state index < -0.39 is 11.3 Å². The fourth-order valence-electron chi connectivity index (χ4n) is 0.801. The van der Waals surface area contributed by atoms with Crippen molar-refractivity contribution >= 4 is 11.3 Å². The molecule has 1 atom stereocenters. The minimum absolute atomic E-state index is 0.648. The zero-order valence-electron chi connectivity index (χ0n) is 5.91. The monoisotopic (exact) mass is 165 g/mol. The molecule has 0 saturated carbocycles. The average molecular weight is 165 g/mol. The van der Waals surface area contributed by atoms with Crippen molar-refractivity contribution in [3.05, 3.63) is 0 Å². The summed E-state index contributed by atoms with van der Waals surface area (Å²) in [6.07, 6.45) is 0. The van der Waals surface area contributed by atoms with Crippen molar-refractivity contribution in [1.29, 1.82) is 0 Å². The molecule has 0 aromatic carbocycles. The lowest BCUT2D eigenvalue weighted by atomic mass is 10.5. The van der Waals surface area contributed by atoms with E-state index in [0.29, 0.717) is 26.3 Å². The molecule has 1 aliphatic rings. The summed E-state index contributed by atoms with van der Waals surface area (Å²) >= 11 is -1.26. The molecule has 1 aliphatic heterocycles. The average Bonchev–Trinajstić information content (AvgIpc) is 2.05. The normalized spacial score (nSPS) is 24.5. The molecule has 1 rings (SSSR count). The van der Waals surface area contributed by atoms with Crippen LogP contribution in [0.5, 0.6) is 0 Å². The summed E-state index contributed by atoms with van der Waals surface area (Å²) < 4.78 is 22.4. The Morgan fingerprint density at radius 1 is 1.50 bits per heavy atom. The predicted molar refractivity (Wildman–Crippen MR) is 37.5 cm³/mol. The molecule has 5 heteroatoms. The van der Waals surface area contributed by atoms with Gasteiger partial charge >= 0.3 is 0 Å². The van der Waals surface area contributed by atoms with Gasteiger partial charge in [-0.3, -0.25) is 4.18 Å². The summed E-state index contributed by atoms with van der Waals surface area (Å²) in [7, 11) is 1.44. The fraction of sp³-hybridized carbons (Fsp3) is 1.00. The molecule has 0 aromatic heterocycles. The van der Waals surface area contributed by atoms with E-state index >= 15 is 0 Å². The van der Waals surface area contributed by atoms with Gasteiger partial charge in [0, 0.05) is 13.1 Å². The minimum Gasteiger partial charge on any atom is -0.379 e. The van der Waals surface area contributed by atoms with Gasteiger partial charge in [-0.05, 0) is 0 Å². The molecule has 0 aromatic rings. The molecule has 10 heavy (non-hydrogen) atoms. The second-order valence-corrected chi connectivity index (χ2v) is 3.21. The summed E-state index contributed by atoms with van der Waals surface area (Å²) in [6, 6.07) is 0. The molecule has 0 N–H and O–H groups in total. The Balaban J connectivity index is 2.31.